The van der Waals surface area contributed by atoms with E-state index < -0.39 is 0 Å². The Balaban J connectivity index is 1.67. The molecule has 1 amide bonds. The van der Waals surface area contributed by atoms with E-state index in [1.807, 2.05) is 59.3 Å². The van der Waals surface area contributed by atoms with Crippen molar-refractivity contribution in [3.8, 4) is 0 Å². The molecule has 2 aromatic carbocycles. The zero-order chi connectivity index (χ0) is 17.2. The molecule has 0 atom stereocenters. The van der Waals surface area contributed by atoms with E-state index >= 15 is 0 Å². The van der Waals surface area contributed by atoms with E-state index in [2.05, 4.69) is 15.3 Å². The molecule has 0 aliphatic heterocycles. The highest BCUT2D eigenvalue weighted by Crippen LogP contribution is 2.22. The average molecular weight is 334 g/mol. The first-order valence-corrected chi connectivity index (χ1v) is 8.09. The molecule has 0 spiro atoms. The summed E-state index contributed by atoms with van der Waals surface area (Å²) in [6.45, 7) is 1.28. The summed E-state index contributed by atoms with van der Waals surface area (Å²) in [5.41, 5.74) is 3.34. The highest BCUT2D eigenvalue weighted by Gasteiger charge is 2.16. The molecule has 0 saturated carbocycles. The summed E-state index contributed by atoms with van der Waals surface area (Å²) in [6.07, 6.45) is 1.86. The molecule has 0 bridgehead atoms. The molecule has 2 heterocycles. The van der Waals surface area contributed by atoms with Crippen LogP contribution in [0.15, 0.2) is 54.7 Å². The van der Waals surface area contributed by atoms with E-state index in [9.17, 15) is 4.79 Å². The maximum atomic E-state index is 12.8. The number of anilines is 1. The van der Waals surface area contributed by atoms with Crippen LogP contribution in [0.5, 0.6) is 0 Å². The molecule has 126 valence electrons. The molecule has 0 unspecified atom stereocenters. The quantitative estimate of drug-likeness (QED) is 0.587. The van der Waals surface area contributed by atoms with Crippen molar-refractivity contribution in [3.63, 3.8) is 0 Å². The summed E-state index contributed by atoms with van der Waals surface area (Å²) in [7, 11) is 1.67. The van der Waals surface area contributed by atoms with Gasteiger partial charge < -0.3 is 14.3 Å². The molecule has 0 radical (unpaired) electrons. The number of nitrogens with one attached hydrogen (secondary N) is 2. The van der Waals surface area contributed by atoms with Crippen molar-refractivity contribution in [2.24, 2.45) is 0 Å². The van der Waals surface area contributed by atoms with E-state index in [1.165, 1.54) is 0 Å². The minimum Gasteiger partial charge on any atom is -0.383 e. The molecule has 6 nitrogen and oxygen atoms in total. The fourth-order valence-electron chi connectivity index (χ4n) is 2.99. The number of rotatable bonds is 5. The second-order valence-corrected chi connectivity index (χ2v) is 5.80. The second-order valence-electron chi connectivity index (χ2n) is 5.80. The third kappa shape index (κ3) is 2.88. The van der Waals surface area contributed by atoms with Gasteiger partial charge in [0.1, 0.15) is 0 Å². The third-order valence-corrected chi connectivity index (χ3v) is 4.19. The monoisotopic (exact) mass is 334 g/mol. The van der Waals surface area contributed by atoms with Crippen LogP contribution < -0.4 is 5.32 Å². The van der Waals surface area contributed by atoms with Gasteiger partial charge in [-0.05, 0) is 18.2 Å². The molecule has 4 rings (SSSR count). The second kappa shape index (κ2) is 6.41. The number of para-hydroxylation sites is 3. The number of carbonyl (C=O) groups is 1. The molecule has 6 heteroatoms. The summed E-state index contributed by atoms with van der Waals surface area (Å²) in [5, 5.41) is 3.77. The van der Waals surface area contributed by atoms with Crippen LogP contribution in [0.25, 0.3) is 21.9 Å². The van der Waals surface area contributed by atoms with Crippen LogP contribution in [0.2, 0.25) is 0 Å². The molecular weight excluding hydrogens is 316 g/mol. The SMILES string of the molecule is COCCn1cc(C(=O)Nc2nc3ccccc3[nH]2)c2ccccc21. The van der Waals surface area contributed by atoms with Crippen molar-refractivity contribution < 1.29 is 9.53 Å². The number of benzene rings is 2. The first-order valence-electron chi connectivity index (χ1n) is 8.09. The van der Waals surface area contributed by atoms with Crippen molar-refractivity contribution in [1.29, 1.82) is 0 Å². The number of amides is 1. The van der Waals surface area contributed by atoms with Crippen molar-refractivity contribution in [1.82, 2.24) is 14.5 Å². The van der Waals surface area contributed by atoms with Gasteiger partial charge in [0.25, 0.3) is 5.91 Å². The smallest absolute Gasteiger partial charge is 0.260 e. The summed E-state index contributed by atoms with van der Waals surface area (Å²) < 4.78 is 7.19. The van der Waals surface area contributed by atoms with E-state index in [0.29, 0.717) is 24.7 Å². The number of hydrogen-bond donors (Lipinski definition) is 2. The predicted octanol–water partition coefficient (Wildman–Crippen LogP) is 3.42. The molecule has 0 saturated heterocycles. The Morgan fingerprint density at radius 1 is 1.20 bits per heavy atom. The van der Waals surface area contributed by atoms with Gasteiger partial charge in [0.15, 0.2) is 0 Å². The average Bonchev–Trinajstić information content (AvgIpc) is 3.20. The summed E-state index contributed by atoms with van der Waals surface area (Å²) in [4.78, 5) is 20.3. The molecule has 0 aliphatic rings. The highest BCUT2D eigenvalue weighted by molar-refractivity contribution is 6.12. The minimum atomic E-state index is -0.188. The van der Waals surface area contributed by atoms with Gasteiger partial charge in [-0.3, -0.25) is 10.1 Å². The number of aromatic nitrogens is 3. The molecule has 4 aromatic rings. The number of hydrogen-bond acceptors (Lipinski definition) is 3. The van der Waals surface area contributed by atoms with Gasteiger partial charge in [0, 0.05) is 30.8 Å². The topological polar surface area (TPSA) is 71.9 Å². The van der Waals surface area contributed by atoms with Crippen LogP contribution in [-0.2, 0) is 11.3 Å². The number of carbonyl (C=O) groups excluding carboxylic acids is 1. The lowest BCUT2D eigenvalue weighted by Crippen LogP contribution is -2.12. The number of ether oxygens (including phenoxy) is 1. The van der Waals surface area contributed by atoms with Crippen LogP contribution >= 0.6 is 0 Å². The fourth-order valence-corrected chi connectivity index (χ4v) is 2.99. The van der Waals surface area contributed by atoms with Crippen molar-refractivity contribution >= 4 is 33.8 Å². The van der Waals surface area contributed by atoms with Gasteiger partial charge in [0.05, 0.1) is 23.2 Å². The van der Waals surface area contributed by atoms with Crippen LogP contribution in [0, 0.1) is 0 Å². The first kappa shape index (κ1) is 15.4. The van der Waals surface area contributed by atoms with Gasteiger partial charge in [0.2, 0.25) is 5.95 Å². The maximum absolute atomic E-state index is 12.8. The lowest BCUT2D eigenvalue weighted by atomic mass is 10.1. The molecule has 0 aliphatic carbocycles. The van der Waals surface area contributed by atoms with E-state index in [-0.39, 0.29) is 5.91 Å². The van der Waals surface area contributed by atoms with Gasteiger partial charge >= 0.3 is 0 Å². The molecular formula is C19H18N4O2. The van der Waals surface area contributed by atoms with Crippen LogP contribution in [0.4, 0.5) is 5.95 Å². The first-order chi connectivity index (χ1) is 12.3. The minimum absolute atomic E-state index is 0.188. The van der Waals surface area contributed by atoms with E-state index in [1.54, 1.807) is 7.11 Å². The highest BCUT2D eigenvalue weighted by atomic mass is 16.5. The maximum Gasteiger partial charge on any atom is 0.260 e. The van der Waals surface area contributed by atoms with Crippen molar-refractivity contribution in [2.75, 3.05) is 19.0 Å². The predicted molar refractivity (Wildman–Crippen MR) is 97.9 cm³/mol. The van der Waals surface area contributed by atoms with E-state index in [4.69, 9.17) is 4.74 Å². The van der Waals surface area contributed by atoms with E-state index in [0.717, 1.165) is 21.9 Å². The fraction of sp³-hybridized carbons (Fsp3) is 0.158. The Bertz CT molecular complexity index is 1010. The lowest BCUT2D eigenvalue weighted by molar-refractivity contribution is 0.102. The Morgan fingerprint density at radius 2 is 2.00 bits per heavy atom. The number of imidazole rings is 1. The zero-order valence-corrected chi connectivity index (χ0v) is 13.8. The summed E-state index contributed by atoms with van der Waals surface area (Å²) in [6, 6.07) is 15.5. The third-order valence-electron chi connectivity index (χ3n) is 4.19. The molecule has 2 aromatic heterocycles. The van der Waals surface area contributed by atoms with Crippen molar-refractivity contribution in [2.45, 2.75) is 6.54 Å². The van der Waals surface area contributed by atoms with Crippen LogP contribution in [0.1, 0.15) is 10.4 Å². The largest absolute Gasteiger partial charge is 0.383 e. The molecule has 25 heavy (non-hydrogen) atoms. The Kier molecular flexibility index (Phi) is 3.95. The standard InChI is InChI=1S/C19H18N4O2/c1-25-11-10-23-12-14(13-6-2-5-9-17(13)23)18(24)22-19-20-15-7-3-4-8-16(15)21-19/h2-9,12H,10-11H2,1H3,(H2,20,21,22,24). The number of H-pyrrole nitrogens is 1. The Labute approximate surface area is 144 Å². The van der Waals surface area contributed by atoms with Crippen LogP contribution in [0.3, 0.4) is 0 Å². The molecule has 0 fully saturated rings. The van der Waals surface area contributed by atoms with Crippen molar-refractivity contribution in [3.05, 3.63) is 60.3 Å². The number of aromatic amines is 1. The van der Waals surface area contributed by atoms with Crippen LogP contribution in [-0.4, -0.2) is 34.2 Å². The Morgan fingerprint density at radius 3 is 2.84 bits per heavy atom. The number of methoxy groups -OCH3 is 1. The number of nitrogens with zero attached hydrogens (tertiary/aromatic N) is 2. The summed E-state index contributed by atoms with van der Waals surface area (Å²) >= 11 is 0. The number of fused-ring (bicyclic) bond motifs is 2. The van der Waals surface area contributed by atoms with Gasteiger partial charge in [-0.15, -0.1) is 0 Å². The molecule has 2 N–H and O–H groups in total. The van der Waals surface area contributed by atoms with Gasteiger partial charge in [-0.25, -0.2) is 4.98 Å². The van der Waals surface area contributed by atoms with Gasteiger partial charge in [-0.1, -0.05) is 30.3 Å². The normalized spacial score (nSPS) is 11.2. The van der Waals surface area contributed by atoms with Gasteiger partial charge in [-0.2, -0.15) is 0 Å². The zero-order valence-electron chi connectivity index (χ0n) is 13.8. The lowest BCUT2D eigenvalue weighted by Gasteiger charge is -2.03. The summed E-state index contributed by atoms with van der Waals surface area (Å²) in [5.74, 6) is 0.256. The Hall–Kier alpha value is -3.12.